The standard InChI is InChI=1S/C18H23FN4O.HI/c1-23(13-14-7-9-15(19)10-8-14)12-11-21-18(20)22-16-5-3-4-6-17(16)24-2;/h3-10H,11-13H2,1-2H3,(H3,20,21,22);1H. The second kappa shape index (κ2) is 10.9. The second-order valence-electron chi connectivity index (χ2n) is 5.46. The van der Waals surface area contributed by atoms with E-state index >= 15 is 0 Å². The topological polar surface area (TPSA) is 62.9 Å². The number of anilines is 1. The first kappa shape index (κ1) is 21.2. The average Bonchev–Trinajstić information content (AvgIpc) is 2.57. The predicted octanol–water partition coefficient (Wildman–Crippen LogP) is 3.31. The quantitative estimate of drug-likeness (QED) is 0.380. The second-order valence-corrected chi connectivity index (χ2v) is 5.46. The summed E-state index contributed by atoms with van der Waals surface area (Å²) in [4.78, 5) is 6.42. The highest BCUT2D eigenvalue weighted by molar-refractivity contribution is 14.0. The van der Waals surface area contributed by atoms with Crippen LogP contribution in [-0.2, 0) is 6.54 Å². The minimum absolute atomic E-state index is 0. The number of halogens is 2. The van der Waals surface area contributed by atoms with Crippen LogP contribution in [0.4, 0.5) is 10.1 Å². The molecule has 0 heterocycles. The summed E-state index contributed by atoms with van der Waals surface area (Å²) in [5, 5.41) is 3.03. The summed E-state index contributed by atoms with van der Waals surface area (Å²) < 4.78 is 18.1. The van der Waals surface area contributed by atoms with Crippen LogP contribution in [0.5, 0.6) is 5.75 Å². The molecule has 2 rings (SSSR count). The number of benzene rings is 2. The first-order valence-electron chi connectivity index (χ1n) is 7.71. The highest BCUT2D eigenvalue weighted by atomic mass is 127. The molecule has 0 spiro atoms. The molecule has 0 saturated carbocycles. The third-order valence-corrected chi connectivity index (χ3v) is 3.50. The van der Waals surface area contributed by atoms with E-state index in [1.165, 1.54) is 12.1 Å². The van der Waals surface area contributed by atoms with Gasteiger partial charge in [-0.05, 0) is 36.9 Å². The highest BCUT2D eigenvalue weighted by Crippen LogP contribution is 2.22. The maximum atomic E-state index is 12.9. The van der Waals surface area contributed by atoms with Crippen LogP contribution in [0.1, 0.15) is 5.56 Å². The smallest absolute Gasteiger partial charge is 0.193 e. The fraction of sp³-hybridized carbons (Fsp3) is 0.278. The maximum absolute atomic E-state index is 12.9. The normalized spacial score (nSPS) is 11.1. The number of aliphatic imine (C=N–C) groups is 1. The molecular weight excluding hydrogens is 434 g/mol. The van der Waals surface area contributed by atoms with E-state index in [1.807, 2.05) is 31.3 Å². The Hall–Kier alpha value is -1.87. The van der Waals surface area contributed by atoms with Crippen molar-refractivity contribution in [2.75, 3.05) is 32.6 Å². The van der Waals surface area contributed by atoms with Gasteiger partial charge in [-0.1, -0.05) is 24.3 Å². The van der Waals surface area contributed by atoms with E-state index in [0.717, 1.165) is 24.3 Å². The lowest BCUT2D eigenvalue weighted by Crippen LogP contribution is -2.26. The summed E-state index contributed by atoms with van der Waals surface area (Å²) in [6, 6.07) is 14.0. The van der Waals surface area contributed by atoms with Gasteiger partial charge in [0, 0.05) is 13.1 Å². The molecule has 0 fully saturated rings. The molecule has 0 unspecified atom stereocenters. The van der Waals surface area contributed by atoms with Crippen molar-refractivity contribution in [2.24, 2.45) is 10.7 Å². The van der Waals surface area contributed by atoms with Gasteiger partial charge in [-0.15, -0.1) is 24.0 Å². The summed E-state index contributed by atoms with van der Waals surface area (Å²) in [6.07, 6.45) is 0. The molecule has 7 heteroatoms. The lowest BCUT2D eigenvalue weighted by Gasteiger charge is -2.15. The van der Waals surface area contributed by atoms with Crippen molar-refractivity contribution in [3.63, 3.8) is 0 Å². The first-order chi connectivity index (χ1) is 11.6. The summed E-state index contributed by atoms with van der Waals surface area (Å²) in [7, 11) is 3.60. The molecule has 2 aromatic rings. The van der Waals surface area contributed by atoms with E-state index in [2.05, 4.69) is 15.2 Å². The third kappa shape index (κ3) is 7.27. The van der Waals surface area contributed by atoms with E-state index < -0.39 is 0 Å². The number of para-hydroxylation sites is 2. The van der Waals surface area contributed by atoms with Crippen LogP contribution in [-0.4, -0.2) is 38.1 Å². The largest absolute Gasteiger partial charge is 0.495 e. The Kier molecular flexibility index (Phi) is 9.22. The molecule has 0 atom stereocenters. The molecule has 136 valence electrons. The molecule has 3 N–H and O–H groups in total. The maximum Gasteiger partial charge on any atom is 0.193 e. The van der Waals surface area contributed by atoms with Gasteiger partial charge in [0.25, 0.3) is 0 Å². The Labute approximate surface area is 165 Å². The van der Waals surface area contributed by atoms with Gasteiger partial charge in [-0.25, -0.2) is 4.39 Å². The predicted molar refractivity (Wildman–Crippen MR) is 111 cm³/mol. The molecule has 0 bridgehead atoms. The van der Waals surface area contributed by atoms with Crippen molar-refractivity contribution in [2.45, 2.75) is 6.54 Å². The Morgan fingerprint density at radius 1 is 1.20 bits per heavy atom. The van der Waals surface area contributed by atoms with Gasteiger partial charge in [0.1, 0.15) is 11.6 Å². The van der Waals surface area contributed by atoms with Gasteiger partial charge in [0.05, 0.1) is 19.3 Å². The highest BCUT2D eigenvalue weighted by Gasteiger charge is 2.03. The first-order valence-corrected chi connectivity index (χ1v) is 7.71. The Balaban J connectivity index is 0.00000312. The van der Waals surface area contributed by atoms with Gasteiger partial charge < -0.3 is 20.7 Å². The van der Waals surface area contributed by atoms with Crippen molar-refractivity contribution < 1.29 is 9.13 Å². The Morgan fingerprint density at radius 3 is 2.56 bits per heavy atom. The fourth-order valence-electron chi connectivity index (χ4n) is 2.25. The van der Waals surface area contributed by atoms with Gasteiger partial charge in [0.15, 0.2) is 5.96 Å². The van der Waals surface area contributed by atoms with E-state index in [-0.39, 0.29) is 29.8 Å². The van der Waals surface area contributed by atoms with Crippen molar-refractivity contribution in [3.8, 4) is 5.75 Å². The minimum Gasteiger partial charge on any atom is -0.495 e. The van der Waals surface area contributed by atoms with Crippen LogP contribution in [0, 0.1) is 5.82 Å². The molecule has 0 saturated heterocycles. The number of hydrogen-bond donors (Lipinski definition) is 2. The van der Waals surface area contributed by atoms with Crippen LogP contribution in [0.2, 0.25) is 0 Å². The zero-order valence-electron chi connectivity index (χ0n) is 14.4. The summed E-state index contributed by atoms with van der Waals surface area (Å²) in [5.74, 6) is 0.833. The molecule has 2 aromatic carbocycles. The van der Waals surface area contributed by atoms with Crippen LogP contribution in [0.3, 0.4) is 0 Å². The van der Waals surface area contributed by atoms with Gasteiger partial charge in [-0.3, -0.25) is 4.99 Å². The summed E-state index contributed by atoms with van der Waals surface area (Å²) in [5.41, 5.74) is 7.74. The van der Waals surface area contributed by atoms with E-state index in [1.54, 1.807) is 19.2 Å². The molecule has 5 nitrogen and oxygen atoms in total. The lowest BCUT2D eigenvalue weighted by atomic mass is 10.2. The van der Waals surface area contributed by atoms with Crippen molar-refractivity contribution >= 4 is 35.6 Å². The van der Waals surface area contributed by atoms with Crippen molar-refractivity contribution in [1.29, 1.82) is 0 Å². The van der Waals surface area contributed by atoms with Gasteiger partial charge >= 0.3 is 0 Å². The monoisotopic (exact) mass is 458 g/mol. The molecule has 0 aliphatic carbocycles. The number of nitrogens with one attached hydrogen (secondary N) is 1. The van der Waals surface area contributed by atoms with Crippen LogP contribution >= 0.6 is 24.0 Å². The van der Waals surface area contributed by atoms with Gasteiger partial charge in [-0.2, -0.15) is 0 Å². The number of rotatable bonds is 7. The fourth-order valence-corrected chi connectivity index (χ4v) is 2.25. The molecule has 0 aliphatic heterocycles. The summed E-state index contributed by atoms with van der Waals surface area (Å²) >= 11 is 0. The van der Waals surface area contributed by atoms with E-state index in [4.69, 9.17) is 10.5 Å². The number of nitrogens with zero attached hydrogens (tertiary/aromatic N) is 2. The number of guanidine groups is 1. The third-order valence-electron chi connectivity index (χ3n) is 3.50. The zero-order chi connectivity index (χ0) is 17.4. The number of hydrogen-bond acceptors (Lipinski definition) is 3. The van der Waals surface area contributed by atoms with Gasteiger partial charge in [0.2, 0.25) is 0 Å². The number of nitrogens with two attached hydrogens (primary N) is 1. The van der Waals surface area contributed by atoms with Crippen molar-refractivity contribution in [1.82, 2.24) is 4.90 Å². The number of likely N-dealkylation sites (N-methyl/N-ethyl adjacent to an activating group) is 1. The molecule has 0 aliphatic rings. The Morgan fingerprint density at radius 2 is 1.88 bits per heavy atom. The molecular formula is C18H24FIN4O. The SMILES string of the molecule is COc1ccccc1NC(N)=NCCN(C)Cc1ccc(F)cc1.I. The van der Waals surface area contributed by atoms with Crippen LogP contribution in [0.25, 0.3) is 0 Å². The molecule has 0 amide bonds. The lowest BCUT2D eigenvalue weighted by molar-refractivity contribution is 0.336. The Bertz CT molecular complexity index is 679. The molecule has 0 aromatic heterocycles. The number of methoxy groups -OCH3 is 1. The van der Waals surface area contributed by atoms with Crippen LogP contribution < -0.4 is 15.8 Å². The van der Waals surface area contributed by atoms with E-state index in [0.29, 0.717) is 18.3 Å². The average molecular weight is 458 g/mol. The van der Waals surface area contributed by atoms with Crippen molar-refractivity contribution in [3.05, 3.63) is 59.9 Å². The number of ether oxygens (including phenoxy) is 1. The molecule has 0 radical (unpaired) electrons. The molecule has 25 heavy (non-hydrogen) atoms. The summed E-state index contributed by atoms with van der Waals surface area (Å²) in [6.45, 7) is 2.03. The van der Waals surface area contributed by atoms with E-state index in [9.17, 15) is 4.39 Å². The zero-order valence-corrected chi connectivity index (χ0v) is 16.7. The van der Waals surface area contributed by atoms with Crippen LogP contribution in [0.15, 0.2) is 53.5 Å². The minimum atomic E-state index is -0.221.